The van der Waals surface area contributed by atoms with Crippen LogP contribution in [0.4, 0.5) is 0 Å². The zero-order valence-electron chi connectivity index (χ0n) is 12.6. The van der Waals surface area contributed by atoms with Crippen LogP contribution in [-0.2, 0) is 13.1 Å². The Labute approximate surface area is 119 Å². The maximum absolute atomic E-state index is 6.46. The van der Waals surface area contributed by atoms with E-state index < -0.39 is 0 Å². The van der Waals surface area contributed by atoms with Gasteiger partial charge in [-0.3, -0.25) is 9.36 Å². The van der Waals surface area contributed by atoms with Gasteiger partial charge in [0.25, 0.3) is 0 Å². The quantitative estimate of drug-likeness (QED) is 0.875. The fraction of sp³-hybridized carbons (Fsp3) is 0.571. The Morgan fingerprint density at radius 1 is 1.35 bits per heavy atom. The van der Waals surface area contributed by atoms with Crippen LogP contribution in [-0.4, -0.2) is 26.7 Å². The molecule has 2 aromatic rings. The summed E-state index contributed by atoms with van der Waals surface area (Å²) in [5.41, 5.74) is 9.32. The van der Waals surface area contributed by atoms with Gasteiger partial charge in [0, 0.05) is 13.1 Å². The lowest BCUT2D eigenvalue weighted by Gasteiger charge is -2.16. The molecule has 110 valence electrons. The molecule has 6 heteroatoms. The first-order valence-electron chi connectivity index (χ1n) is 7.01. The zero-order valence-corrected chi connectivity index (χ0v) is 12.6. The van der Waals surface area contributed by atoms with Crippen molar-refractivity contribution in [2.45, 2.75) is 46.3 Å². The van der Waals surface area contributed by atoms with Crippen molar-refractivity contribution in [1.82, 2.24) is 19.6 Å². The summed E-state index contributed by atoms with van der Waals surface area (Å²) in [6.07, 6.45) is 2.72. The minimum Gasteiger partial charge on any atom is -0.493 e. The average Bonchev–Trinajstić information content (AvgIpc) is 3.01. The predicted molar refractivity (Wildman–Crippen MR) is 77.7 cm³/mol. The van der Waals surface area contributed by atoms with Crippen LogP contribution in [0.15, 0.2) is 12.3 Å². The van der Waals surface area contributed by atoms with Gasteiger partial charge in [-0.2, -0.15) is 10.2 Å². The molecule has 0 bridgehead atoms. The van der Waals surface area contributed by atoms with Crippen LogP contribution in [0, 0.1) is 6.92 Å². The van der Waals surface area contributed by atoms with Crippen molar-refractivity contribution in [1.29, 1.82) is 0 Å². The molecule has 20 heavy (non-hydrogen) atoms. The van der Waals surface area contributed by atoms with E-state index >= 15 is 0 Å². The fourth-order valence-electron chi connectivity index (χ4n) is 2.45. The molecule has 2 heterocycles. The van der Waals surface area contributed by atoms with Gasteiger partial charge in [0.05, 0.1) is 30.7 Å². The van der Waals surface area contributed by atoms with Crippen LogP contribution in [0.3, 0.4) is 0 Å². The van der Waals surface area contributed by atoms with Crippen LogP contribution in [0.2, 0.25) is 0 Å². The Morgan fingerprint density at radius 2 is 2.10 bits per heavy atom. The largest absolute Gasteiger partial charge is 0.493 e. The third kappa shape index (κ3) is 2.56. The number of hydrogen-bond donors (Lipinski definition) is 1. The monoisotopic (exact) mass is 277 g/mol. The van der Waals surface area contributed by atoms with Crippen molar-refractivity contribution < 1.29 is 4.74 Å². The predicted octanol–water partition coefficient (Wildman–Crippen LogP) is 1.87. The summed E-state index contributed by atoms with van der Waals surface area (Å²) in [6.45, 7) is 7.77. The van der Waals surface area contributed by atoms with E-state index in [-0.39, 0.29) is 6.04 Å². The standard InChI is InChI=1S/C14H23N5O/c1-5-7-19-14(12(20-4)9-16-19)13(15)11-8-10(3)17-18(11)6-2/h8-9,13H,5-7,15H2,1-4H3. The summed E-state index contributed by atoms with van der Waals surface area (Å²) < 4.78 is 9.26. The molecular weight excluding hydrogens is 254 g/mol. The number of rotatable bonds is 6. The summed E-state index contributed by atoms with van der Waals surface area (Å²) in [5, 5.41) is 8.83. The molecule has 0 radical (unpaired) electrons. The maximum Gasteiger partial charge on any atom is 0.161 e. The van der Waals surface area contributed by atoms with Gasteiger partial charge >= 0.3 is 0 Å². The van der Waals surface area contributed by atoms with Gasteiger partial charge in [-0.05, 0) is 26.3 Å². The normalized spacial score (nSPS) is 12.7. The van der Waals surface area contributed by atoms with E-state index in [1.165, 1.54) is 0 Å². The molecule has 0 fully saturated rings. The third-order valence-corrected chi connectivity index (χ3v) is 3.35. The van der Waals surface area contributed by atoms with Crippen molar-refractivity contribution in [2.75, 3.05) is 7.11 Å². The molecule has 0 aliphatic heterocycles. The van der Waals surface area contributed by atoms with Crippen LogP contribution in [0.25, 0.3) is 0 Å². The van der Waals surface area contributed by atoms with Crippen molar-refractivity contribution in [3.8, 4) is 5.75 Å². The summed E-state index contributed by atoms with van der Waals surface area (Å²) in [5.74, 6) is 0.729. The third-order valence-electron chi connectivity index (χ3n) is 3.35. The molecule has 2 N–H and O–H groups in total. The highest BCUT2D eigenvalue weighted by Crippen LogP contribution is 2.28. The Morgan fingerprint density at radius 3 is 2.70 bits per heavy atom. The molecule has 6 nitrogen and oxygen atoms in total. The minimum absolute atomic E-state index is 0.292. The molecule has 2 rings (SSSR count). The molecule has 0 aromatic carbocycles. The van der Waals surface area contributed by atoms with Gasteiger partial charge in [0.2, 0.25) is 0 Å². The summed E-state index contributed by atoms with van der Waals surface area (Å²) in [4.78, 5) is 0. The molecule has 1 unspecified atom stereocenters. The van der Waals surface area contributed by atoms with E-state index in [1.54, 1.807) is 13.3 Å². The number of aromatic nitrogens is 4. The SMILES string of the molecule is CCCn1ncc(OC)c1C(N)c1cc(C)nn1CC. The second-order valence-corrected chi connectivity index (χ2v) is 4.83. The number of methoxy groups -OCH3 is 1. The van der Waals surface area contributed by atoms with E-state index in [9.17, 15) is 0 Å². The van der Waals surface area contributed by atoms with Crippen molar-refractivity contribution in [3.05, 3.63) is 29.3 Å². The molecule has 0 saturated heterocycles. The van der Waals surface area contributed by atoms with Gasteiger partial charge in [0.1, 0.15) is 5.69 Å². The molecule has 2 aromatic heterocycles. The molecule has 0 spiro atoms. The molecule has 0 saturated carbocycles. The van der Waals surface area contributed by atoms with Gasteiger partial charge in [-0.1, -0.05) is 6.92 Å². The van der Waals surface area contributed by atoms with Crippen LogP contribution in [0.5, 0.6) is 5.75 Å². The Kier molecular flexibility index (Phi) is 4.44. The van der Waals surface area contributed by atoms with Gasteiger partial charge in [-0.25, -0.2) is 0 Å². The number of aryl methyl sites for hydroxylation is 3. The van der Waals surface area contributed by atoms with Gasteiger partial charge < -0.3 is 10.5 Å². The lowest BCUT2D eigenvalue weighted by molar-refractivity contribution is 0.402. The number of ether oxygens (including phenoxy) is 1. The average molecular weight is 277 g/mol. The summed E-state index contributed by atoms with van der Waals surface area (Å²) in [6, 6.07) is 1.73. The molecule has 1 atom stereocenters. The highest BCUT2D eigenvalue weighted by molar-refractivity contribution is 5.34. The Hall–Kier alpha value is -1.82. The van der Waals surface area contributed by atoms with Crippen LogP contribution >= 0.6 is 0 Å². The van der Waals surface area contributed by atoms with E-state index in [4.69, 9.17) is 10.5 Å². The smallest absolute Gasteiger partial charge is 0.161 e. The van der Waals surface area contributed by atoms with Crippen molar-refractivity contribution >= 4 is 0 Å². The van der Waals surface area contributed by atoms with E-state index in [1.807, 2.05) is 22.4 Å². The van der Waals surface area contributed by atoms with Crippen molar-refractivity contribution in [2.24, 2.45) is 5.73 Å². The Bertz CT molecular complexity index is 572. The summed E-state index contributed by atoms with van der Waals surface area (Å²) in [7, 11) is 1.64. The highest BCUT2D eigenvalue weighted by Gasteiger charge is 2.23. The molecule has 0 aliphatic carbocycles. The van der Waals surface area contributed by atoms with Crippen LogP contribution in [0.1, 0.15) is 43.4 Å². The first-order valence-corrected chi connectivity index (χ1v) is 7.01. The lowest BCUT2D eigenvalue weighted by Crippen LogP contribution is -2.21. The number of nitrogens with zero attached hydrogens (tertiary/aromatic N) is 4. The van der Waals surface area contributed by atoms with Gasteiger partial charge in [-0.15, -0.1) is 0 Å². The van der Waals surface area contributed by atoms with Gasteiger partial charge in [0.15, 0.2) is 5.75 Å². The Balaban J connectivity index is 2.45. The first-order chi connectivity index (χ1) is 9.62. The molecule has 0 aliphatic rings. The topological polar surface area (TPSA) is 70.9 Å². The van der Waals surface area contributed by atoms with Crippen LogP contribution < -0.4 is 10.5 Å². The second kappa shape index (κ2) is 6.09. The van der Waals surface area contributed by atoms with E-state index in [0.29, 0.717) is 0 Å². The highest BCUT2D eigenvalue weighted by atomic mass is 16.5. The van der Waals surface area contributed by atoms with E-state index in [2.05, 4.69) is 24.0 Å². The maximum atomic E-state index is 6.46. The molecule has 0 amide bonds. The number of nitrogens with two attached hydrogens (primary N) is 1. The van der Waals surface area contributed by atoms with E-state index in [0.717, 1.165) is 42.3 Å². The number of hydrogen-bond acceptors (Lipinski definition) is 4. The fourth-order valence-corrected chi connectivity index (χ4v) is 2.45. The lowest BCUT2D eigenvalue weighted by atomic mass is 10.1. The zero-order chi connectivity index (χ0) is 14.7. The van der Waals surface area contributed by atoms with Crippen molar-refractivity contribution in [3.63, 3.8) is 0 Å². The molecular formula is C14H23N5O. The first kappa shape index (κ1) is 14.6. The second-order valence-electron chi connectivity index (χ2n) is 4.83. The minimum atomic E-state index is -0.292. The summed E-state index contributed by atoms with van der Waals surface area (Å²) >= 11 is 0.